The van der Waals surface area contributed by atoms with E-state index in [0.717, 1.165) is 12.4 Å². The number of alkyl halides is 6. The lowest BCUT2D eigenvalue weighted by molar-refractivity contribution is -0.397. The molecular formula is C9H9F6N3O3. The Labute approximate surface area is 113 Å². The molecule has 0 bridgehead atoms. The first-order chi connectivity index (χ1) is 9.43. The summed E-state index contributed by atoms with van der Waals surface area (Å²) in [4.78, 5) is 12.8. The van der Waals surface area contributed by atoms with Crippen LogP contribution in [0.2, 0.25) is 0 Å². The van der Waals surface area contributed by atoms with Gasteiger partial charge in [-0.3, -0.25) is 0 Å². The summed E-state index contributed by atoms with van der Waals surface area (Å²) in [5.74, 6) is -4.49. The highest BCUT2D eigenvalue weighted by Crippen LogP contribution is 2.42. The second-order valence-electron chi connectivity index (χ2n) is 4.16. The van der Waals surface area contributed by atoms with Crippen LogP contribution in [0.4, 0.5) is 32.3 Å². The van der Waals surface area contributed by atoms with Crippen molar-refractivity contribution in [1.82, 2.24) is 9.55 Å². The zero-order valence-electron chi connectivity index (χ0n) is 10.1. The van der Waals surface area contributed by atoms with Gasteiger partial charge in [0.25, 0.3) is 0 Å². The van der Waals surface area contributed by atoms with Crippen LogP contribution in [0, 0.1) is 16.0 Å². The second-order valence-corrected chi connectivity index (χ2v) is 4.16. The van der Waals surface area contributed by atoms with Gasteiger partial charge in [-0.05, 0) is 11.3 Å². The molecule has 1 aromatic heterocycles. The third-order valence-corrected chi connectivity index (χ3v) is 2.56. The van der Waals surface area contributed by atoms with Crippen LogP contribution >= 0.6 is 0 Å². The molecule has 6 nitrogen and oxygen atoms in total. The van der Waals surface area contributed by atoms with Gasteiger partial charge in [-0.2, -0.15) is 26.3 Å². The highest BCUT2D eigenvalue weighted by atomic mass is 19.4. The number of hydrogen-bond donors (Lipinski definition) is 1. The van der Waals surface area contributed by atoms with Crippen molar-refractivity contribution in [2.75, 3.05) is 0 Å². The first-order valence-corrected chi connectivity index (χ1v) is 5.40. The molecule has 0 fully saturated rings. The number of imidazole rings is 1. The van der Waals surface area contributed by atoms with Crippen LogP contribution in [0.3, 0.4) is 0 Å². The van der Waals surface area contributed by atoms with E-state index in [0.29, 0.717) is 4.57 Å². The summed E-state index contributed by atoms with van der Waals surface area (Å²) in [5.41, 5.74) is 0. The fraction of sp³-hybridized carbons (Fsp3) is 0.667. The van der Waals surface area contributed by atoms with Crippen molar-refractivity contribution >= 4 is 5.95 Å². The summed E-state index contributed by atoms with van der Waals surface area (Å²) in [6, 6.07) is 0. The molecule has 0 amide bonds. The molecule has 0 aliphatic rings. The molecular weight excluding hydrogens is 312 g/mol. The highest BCUT2D eigenvalue weighted by Gasteiger charge is 2.56. The third-order valence-electron chi connectivity index (χ3n) is 2.56. The molecule has 120 valence electrons. The Morgan fingerprint density at radius 3 is 2.24 bits per heavy atom. The van der Waals surface area contributed by atoms with Gasteiger partial charge < -0.3 is 15.2 Å². The number of nitro groups is 1. The molecule has 0 aliphatic carbocycles. The Balaban J connectivity index is 2.82. The third kappa shape index (κ3) is 4.58. The Bertz CT molecular complexity index is 484. The highest BCUT2D eigenvalue weighted by molar-refractivity contribution is 5.06. The second kappa shape index (κ2) is 5.87. The van der Waals surface area contributed by atoms with E-state index in [1.807, 2.05) is 0 Å². The van der Waals surface area contributed by atoms with Crippen LogP contribution < -0.4 is 0 Å². The number of aromatic nitrogens is 2. The molecule has 1 unspecified atom stereocenters. The molecule has 1 heterocycles. The molecule has 0 aliphatic heterocycles. The van der Waals surface area contributed by atoms with Crippen molar-refractivity contribution in [1.29, 1.82) is 0 Å². The monoisotopic (exact) mass is 321 g/mol. The number of aliphatic hydroxyl groups excluding tert-OH is 1. The zero-order valence-corrected chi connectivity index (χ0v) is 10.1. The molecule has 1 rings (SSSR count). The average molecular weight is 321 g/mol. The number of nitrogens with zero attached hydrogens (tertiary/aromatic N) is 3. The minimum absolute atomic E-state index is 0.661. The molecule has 21 heavy (non-hydrogen) atoms. The zero-order chi connectivity index (χ0) is 16.4. The van der Waals surface area contributed by atoms with Crippen molar-refractivity contribution in [2.24, 2.45) is 5.92 Å². The number of halogens is 6. The van der Waals surface area contributed by atoms with E-state index in [-0.39, 0.29) is 0 Å². The van der Waals surface area contributed by atoms with Crippen LogP contribution in [0.15, 0.2) is 12.4 Å². The first-order valence-electron chi connectivity index (χ1n) is 5.40. The van der Waals surface area contributed by atoms with Crippen molar-refractivity contribution in [3.63, 3.8) is 0 Å². The van der Waals surface area contributed by atoms with Gasteiger partial charge >= 0.3 is 18.3 Å². The molecule has 1 N–H and O–H groups in total. The number of rotatable bonds is 5. The Kier molecular flexibility index (Phi) is 4.81. The number of hydrogen-bond acceptors (Lipinski definition) is 4. The van der Waals surface area contributed by atoms with Gasteiger partial charge in [0, 0.05) is 0 Å². The van der Waals surface area contributed by atoms with Gasteiger partial charge in [-0.15, -0.1) is 0 Å². The van der Waals surface area contributed by atoms with E-state index in [1.54, 1.807) is 0 Å². The molecule has 0 aromatic carbocycles. The van der Waals surface area contributed by atoms with Gasteiger partial charge in [0.1, 0.15) is 12.4 Å². The Morgan fingerprint density at radius 1 is 1.29 bits per heavy atom. The lowest BCUT2D eigenvalue weighted by atomic mass is 10.00. The molecule has 0 radical (unpaired) electrons. The molecule has 12 heteroatoms. The van der Waals surface area contributed by atoms with E-state index >= 15 is 0 Å². The predicted octanol–water partition coefficient (Wildman–Crippen LogP) is 2.28. The van der Waals surface area contributed by atoms with E-state index in [2.05, 4.69) is 4.98 Å². The largest absolute Gasteiger partial charge is 0.434 e. The summed E-state index contributed by atoms with van der Waals surface area (Å²) in [7, 11) is 0. The summed E-state index contributed by atoms with van der Waals surface area (Å²) < 4.78 is 74.5. The quantitative estimate of drug-likeness (QED) is 0.512. The minimum atomic E-state index is -5.57. The summed E-state index contributed by atoms with van der Waals surface area (Å²) in [6.07, 6.45) is -13.0. The van der Waals surface area contributed by atoms with Crippen LogP contribution in [-0.2, 0) is 6.54 Å². The van der Waals surface area contributed by atoms with Crippen LogP contribution in [0.1, 0.15) is 6.42 Å². The summed E-state index contributed by atoms with van der Waals surface area (Å²) in [6.45, 7) is -0.807. The molecule has 0 saturated heterocycles. The molecule has 0 spiro atoms. The van der Waals surface area contributed by atoms with Crippen molar-refractivity contribution in [3.8, 4) is 0 Å². The maximum absolute atomic E-state index is 12.3. The van der Waals surface area contributed by atoms with Gasteiger partial charge in [0.2, 0.25) is 0 Å². The van der Waals surface area contributed by atoms with Crippen LogP contribution in [0.5, 0.6) is 0 Å². The fourth-order valence-corrected chi connectivity index (χ4v) is 1.64. The van der Waals surface area contributed by atoms with E-state index < -0.39 is 48.2 Å². The van der Waals surface area contributed by atoms with Gasteiger partial charge in [0.05, 0.1) is 12.6 Å². The lowest BCUT2D eigenvalue weighted by Crippen LogP contribution is -2.39. The smallest absolute Gasteiger partial charge is 0.390 e. The molecule has 1 atom stereocenters. The van der Waals surface area contributed by atoms with Crippen LogP contribution in [0.25, 0.3) is 0 Å². The van der Waals surface area contributed by atoms with Gasteiger partial charge in [-0.1, -0.05) is 4.98 Å². The SMILES string of the molecule is O=[N+]([O-])c1nccn1CC(O)CC(C(F)(F)F)C(F)(F)F. The van der Waals surface area contributed by atoms with E-state index in [9.17, 15) is 41.6 Å². The van der Waals surface area contributed by atoms with Crippen molar-refractivity contribution < 1.29 is 36.4 Å². The van der Waals surface area contributed by atoms with Crippen molar-refractivity contribution in [3.05, 3.63) is 22.5 Å². The maximum Gasteiger partial charge on any atom is 0.434 e. The van der Waals surface area contributed by atoms with Crippen LogP contribution in [-0.4, -0.2) is 38.0 Å². The molecule has 0 saturated carbocycles. The minimum Gasteiger partial charge on any atom is -0.390 e. The van der Waals surface area contributed by atoms with Gasteiger partial charge in [0.15, 0.2) is 5.92 Å². The molecule has 1 aromatic rings. The fourth-order valence-electron chi connectivity index (χ4n) is 1.64. The normalized spacial score (nSPS) is 14.5. The summed E-state index contributed by atoms with van der Waals surface area (Å²) >= 11 is 0. The predicted molar refractivity (Wildman–Crippen MR) is 55.1 cm³/mol. The van der Waals surface area contributed by atoms with Crippen molar-refractivity contribution in [2.45, 2.75) is 31.4 Å². The lowest BCUT2D eigenvalue weighted by Gasteiger charge is -2.24. The Morgan fingerprint density at radius 2 is 1.81 bits per heavy atom. The standard InChI is InChI=1S/C9H9F6N3O3/c10-8(11,12)6(9(13,14)15)3-5(19)4-17-2-1-16-7(17)18(20)21/h1-2,5-6,19H,3-4H2. The Hall–Kier alpha value is -1.85. The van der Waals surface area contributed by atoms with E-state index in [1.165, 1.54) is 0 Å². The van der Waals surface area contributed by atoms with E-state index in [4.69, 9.17) is 0 Å². The maximum atomic E-state index is 12.3. The summed E-state index contributed by atoms with van der Waals surface area (Å²) in [5, 5.41) is 19.8. The first kappa shape index (κ1) is 17.2. The van der Waals surface area contributed by atoms with Gasteiger partial charge in [-0.25, -0.2) is 4.57 Å². The number of aliphatic hydroxyl groups is 1. The average Bonchev–Trinajstić information content (AvgIpc) is 2.71. The topological polar surface area (TPSA) is 81.2 Å².